The highest BCUT2D eigenvalue weighted by Crippen LogP contribution is 2.38. The van der Waals surface area contributed by atoms with E-state index in [1.807, 2.05) is 5.51 Å². The Morgan fingerprint density at radius 1 is 1.43 bits per heavy atom. The molecule has 1 heterocycles. The molecule has 1 saturated carbocycles. The lowest BCUT2D eigenvalue weighted by atomic mass is 9.81. The summed E-state index contributed by atoms with van der Waals surface area (Å²) in [6, 6.07) is 0. The minimum Gasteiger partial charge on any atom is -0.396 e. The molecule has 3 heteroatoms. The number of nitrogens with zero attached hydrogens (tertiary/aromatic N) is 1. The molecule has 1 N–H and O–H groups in total. The zero-order chi connectivity index (χ0) is 9.97. The second kappa shape index (κ2) is 4.41. The van der Waals surface area contributed by atoms with Gasteiger partial charge >= 0.3 is 0 Å². The van der Waals surface area contributed by atoms with Gasteiger partial charge in [0, 0.05) is 11.5 Å². The van der Waals surface area contributed by atoms with Crippen LogP contribution in [-0.4, -0.2) is 16.7 Å². The lowest BCUT2D eigenvalue weighted by molar-refractivity contribution is 0.183. The molecule has 2 rings (SSSR count). The standard InChI is InChI=1S/C11H17NOS/c1-8-11(14-7-12-8)10-4-2-9(6-13)3-5-10/h7,9-10,13H,2-6H2,1H3. The van der Waals surface area contributed by atoms with Crippen LogP contribution >= 0.6 is 11.3 Å². The molecule has 1 aliphatic rings. The molecular formula is C11H17NOS. The summed E-state index contributed by atoms with van der Waals surface area (Å²) in [7, 11) is 0. The number of aliphatic hydroxyl groups excluding tert-OH is 1. The van der Waals surface area contributed by atoms with Crippen LogP contribution in [0.15, 0.2) is 5.51 Å². The molecule has 0 saturated heterocycles. The quantitative estimate of drug-likeness (QED) is 0.816. The van der Waals surface area contributed by atoms with E-state index in [4.69, 9.17) is 5.11 Å². The van der Waals surface area contributed by atoms with Crippen molar-refractivity contribution in [1.29, 1.82) is 0 Å². The molecule has 0 aliphatic heterocycles. The SMILES string of the molecule is Cc1ncsc1C1CCC(CO)CC1. The van der Waals surface area contributed by atoms with Gasteiger partial charge in [-0.15, -0.1) is 11.3 Å². The van der Waals surface area contributed by atoms with Crippen LogP contribution in [0.5, 0.6) is 0 Å². The monoisotopic (exact) mass is 211 g/mol. The molecular weight excluding hydrogens is 194 g/mol. The Hall–Kier alpha value is -0.410. The van der Waals surface area contributed by atoms with Gasteiger partial charge in [-0.25, -0.2) is 4.98 Å². The van der Waals surface area contributed by atoms with Gasteiger partial charge in [-0.05, 0) is 44.4 Å². The third kappa shape index (κ3) is 1.98. The van der Waals surface area contributed by atoms with Gasteiger partial charge in [0.15, 0.2) is 0 Å². The van der Waals surface area contributed by atoms with E-state index in [1.54, 1.807) is 11.3 Å². The van der Waals surface area contributed by atoms with Gasteiger partial charge in [0.2, 0.25) is 0 Å². The third-order valence-electron chi connectivity index (χ3n) is 3.26. The van der Waals surface area contributed by atoms with E-state index in [-0.39, 0.29) is 0 Å². The van der Waals surface area contributed by atoms with Gasteiger partial charge in [-0.2, -0.15) is 0 Å². The summed E-state index contributed by atoms with van der Waals surface area (Å²) < 4.78 is 0. The number of aliphatic hydroxyl groups is 1. The smallest absolute Gasteiger partial charge is 0.0797 e. The molecule has 0 aromatic carbocycles. The number of hydrogen-bond donors (Lipinski definition) is 1. The predicted molar refractivity (Wildman–Crippen MR) is 58.6 cm³/mol. The summed E-state index contributed by atoms with van der Waals surface area (Å²) in [5.74, 6) is 1.27. The molecule has 1 aliphatic carbocycles. The van der Waals surface area contributed by atoms with Crippen molar-refractivity contribution < 1.29 is 5.11 Å². The van der Waals surface area contributed by atoms with Gasteiger partial charge in [0.05, 0.1) is 11.2 Å². The predicted octanol–water partition coefficient (Wildman–Crippen LogP) is 2.72. The first-order valence-electron chi connectivity index (χ1n) is 5.32. The zero-order valence-corrected chi connectivity index (χ0v) is 9.39. The average molecular weight is 211 g/mol. The molecule has 1 aromatic rings. The summed E-state index contributed by atoms with van der Waals surface area (Å²) >= 11 is 1.79. The van der Waals surface area contributed by atoms with Crippen molar-refractivity contribution in [3.05, 3.63) is 16.1 Å². The fourth-order valence-corrected chi connectivity index (χ4v) is 3.29. The number of aryl methyl sites for hydroxylation is 1. The zero-order valence-electron chi connectivity index (χ0n) is 8.57. The maximum absolute atomic E-state index is 9.05. The number of hydrogen-bond acceptors (Lipinski definition) is 3. The van der Waals surface area contributed by atoms with Crippen LogP contribution in [0.4, 0.5) is 0 Å². The van der Waals surface area contributed by atoms with E-state index in [1.165, 1.54) is 36.3 Å². The fourth-order valence-electron chi connectivity index (χ4n) is 2.31. The highest BCUT2D eigenvalue weighted by atomic mass is 32.1. The molecule has 78 valence electrons. The van der Waals surface area contributed by atoms with Crippen molar-refractivity contribution >= 4 is 11.3 Å². The molecule has 0 radical (unpaired) electrons. The van der Waals surface area contributed by atoms with Crippen LogP contribution in [0.3, 0.4) is 0 Å². The largest absolute Gasteiger partial charge is 0.396 e. The maximum Gasteiger partial charge on any atom is 0.0797 e. The molecule has 0 amide bonds. The van der Waals surface area contributed by atoms with Gasteiger partial charge in [-0.1, -0.05) is 0 Å². The molecule has 0 bridgehead atoms. The van der Waals surface area contributed by atoms with Gasteiger partial charge in [0.25, 0.3) is 0 Å². The first kappa shape index (κ1) is 10.1. The van der Waals surface area contributed by atoms with Crippen LogP contribution < -0.4 is 0 Å². The first-order chi connectivity index (χ1) is 6.81. The summed E-state index contributed by atoms with van der Waals surface area (Å²) in [5, 5.41) is 9.05. The Morgan fingerprint density at radius 3 is 2.64 bits per heavy atom. The Bertz CT molecular complexity index is 289. The van der Waals surface area contributed by atoms with Crippen LogP contribution in [0.2, 0.25) is 0 Å². The van der Waals surface area contributed by atoms with Crippen molar-refractivity contribution in [2.75, 3.05) is 6.61 Å². The van der Waals surface area contributed by atoms with Crippen LogP contribution in [0.1, 0.15) is 42.2 Å². The van der Waals surface area contributed by atoms with Gasteiger partial charge in [-0.3, -0.25) is 0 Å². The van der Waals surface area contributed by atoms with Crippen molar-refractivity contribution in [2.24, 2.45) is 5.92 Å². The summed E-state index contributed by atoms with van der Waals surface area (Å²) in [5.41, 5.74) is 3.16. The van der Waals surface area contributed by atoms with Crippen molar-refractivity contribution in [1.82, 2.24) is 4.98 Å². The van der Waals surface area contributed by atoms with Crippen molar-refractivity contribution in [2.45, 2.75) is 38.5 Å². The molecule has 1 fully saturated rings. The summed E-state index contributed by atoms with van der Waals surface area (Å²) in [6.45, 7) is 2.47. The van der Waals surface area contributed by atoms with Gasteiger partial charge in [0.1, 0.15) is 0 Å². The molecule has 1 aromatic heterocycles. The van der Waals surface area contributed by atoms with E-state index in [0.29, 0.717) is 18.4 Å². The molecule has 0 spiro atoms. The second-order valence-electron chi connectivity index (χ2n) is 4.20. The third-order valence-corrected chi connectivity index (χ3v) is 4.35. The van der Waals surface area contributed by atoms with Crippen molar-refractivity contribution in [3.8, 4) is 0 Å². The fraction of sp³-hybridized carbons (Fsp3) is 0.727. The normalized spacial score (nSPS) is 27.9. The Morgan fingerprint density at radius 2 is 2.14 bits per heavy atom. The Kier molecular flexibility index (Phi) is 3.19. The second-order valence-corrected chi connectivity index (χ2v) is 5.09. The Labute approximate surface area is 89.0 Å². The highest BCUT2D eigenvalue weighted by Gasteiger charge is 2.23. The number of thiazole rings is 1. The maximum atomic E-state index is 9.05. The van der Waals surface area contributed by atoms with E-state index in [2.05, 4.69) is 11.9 Å². The topological polar surface area (TPSA) is 33.1 Å². The summed E-state index contributed by atoms with van der Waals surface area (Å²) in [4.78, 5) is 5.77. The lowest BCUT2D eigenvalue weighted by Crippen LogP contribution is -2.15. The minimum atomic E-state index is 0.369. The van der Waals surface area contributed by atoms with E-state index in [0.717, 1.165) is 0 Å². The van der Waals surface area contributed by atoms with Crippen LogP contribution in [0.25, 0.3) is 0 Å². The first-order valence-corrected chi connectivity index (χ1v) is 6.20. The van der Waals surface area contributed by atoms with E-state index in [9.17, 15) is 0 Å². The molecule has 2 nitrogen and oxygen atoms in total. The lowest BCUT2D eigenvalue weighted by Gasteiger charge is -2.26. The minimum absolute atomic E-state index is 0.369. The number of rotatable bonds is 2. The summed E-state index contributed by atoms with van der Waals surface area (Å²) in [6.07, 6.45) is 4.82. The van der Waals surface area contributed by atoms with Crippen LogP contribution in [0, 0.1) is 12.8 Å². The van der Waals surface area contributed by atoms with Crippen LogP contribution in [-0.2, 0) is 0 Å². The highest BCUT2D eigenvalue weighted by molar-refractivity contribution is 7.09. The molecule has 0 atom stereocenters. The average Bonchev–Trinajstić information content (AvgIpc) is 2.65. The van der Waals surface area contributed by atoms with E-state index < -0.39 is 0 Å². The van der Waals surface area contributed by atoms with Gasteiger partial charge < -0.3 is 5.11 Å². The molecule has 0 unspecified atom stereocenters. The van der Waals surface area contributed by atoms with Crippen molar-refractivity contribution in [3.63, 3.8) is 0 Å². The number of aromatic nitrogens is 1. The Balaban J connectivity index is 1.99. The molecule has 14 heavy (non-hydrogen) atoms. The van der Waals surface area contributed by atoms with E-state index >= 15 is 0 Å².